The van der Waals surface area contributed by atoms with Gasteiger partial charge in [-0.25, -0.2) is 4.79 Å². The Balaban J connectivity index is 1.95. The Morgan fingerprint density at radius 3 is 2.56 bits per heavy atom. The highest BCUT2D eigenvalue weighted by atomic mass is 35.5. The highest BCUT2D eigenvalue weighted by Gasteiger charge is 2.35. The second-order valence-corrected chi connectivity index (χ2v) is 8.08. The Bertz CT molecular complexity index is 1060. The molecule has 0 aliphatic carbocycles. The number of nitrogens with one attached hydrogen (secondary N) is 1. The molecule has 1 amide bonds. The second kappa shape index (κ2) is 7.00. The van der Waals surface area contributed by atoms with E-state index >= 15 is 0 Å². The molecule has 0 saturated heterocycles. The number of anilines is 1. The van der Waals surface area contributed by atoms with Crippen molar-refractivity contribution >= 4 is 52.1 Å². The van der Waals surface area contributed by atoms with E-state index in [-0.39, 0.29) is 23.1 Å². The largest absolute Gasteiger partial charge is 0.477 e. The van der Waals surface area contributed by atoms with E-state index in [9.17, 15) is 14.7 Å². The predicted octanol–water partition coefficient (Wildman–Crippen LogP) is 5.89. The lowest BCUT2D eigenvalue weighted by atomic mass is 9.88. The van der Waals surface area contributed by atoms with Crippen LogP contribution in [0.15, 0.2) is 48.5 Å². The SMILES string of the molecule is O=C1C[C@H](c2ccc(Cl)cc2Cl)c2sc(C(=O)O)c(-c3ccccc3)c2N1. The van der Waals surface area contributed by atoms with E-state index in [1.165, 1.54) is 11.3 Å². The average Bonchev–Trinajstić information content (AvgIpc) is 3.01. The van der Waals surface area contributed by atoms with Crippen molar-refractivity contribution in [3.8, 4) is 11.1 Å². The Morgan fingerprint density at radius 1 is 1.15 bits per heavy atom. The summed E-state index contributed by atoms with van der Waals surface area (Å²) < 4.78 is 0. The van der Waals surface area contributed by atoms with Crippen molar-refractivity contribution in [2.75, 3.05) is 5.32 Å². The number of aromatic carboxylic acids is 1. The Hall–Kier alpha value is -2.34. The molecule has 27 heavy (non-hydrogen) atoms. The molecular weight excluding hydrogens is 405 g/mol. The van der Waals surface area contributed by atoms with Crippen molar-refractivity contribution < 1.29 is 14.7 Å². The fourth-order valence-corrected chi connectivity index (χ4v) is 5.13. The molecule has 2 aromatic carbocycles. The van der Waals surface area contributed by atoms with Gasteiger partial charge in [-0.2, -0.15) is 0 Å². The van der Waals surface area contributed by atoms with Gasteiger partial charge in [0.05, 0.1) is 5.69 Å². The van der Waals surface area contributed by atoms with E-state index in [4.69, 9.17) is 23.2 Å². The molecule has 1 aromatic heterocycles. The molecule has 7 heteroatoms. The van der Waals surface area contributed by atoms with Crippen molar-refractivity contribution in [1.82, 2.24) is 0 Å². The van der Waals surface area contributed by atoms with Gasteiger partial charge < -0.3 is 10.4 Å². The zero-order valence-electron chi connectivity index (χ0n) is 13.8. The predicted molar refractivity (Wildman–Crippen MR) is 108 cm³/mol. The second-order valence-electron chi connectivity index (χ2n) is 6.19. The van der Waals surface area contributed by atoms with Gasteiger partial charge >= 0.3 is 5.97 Å². The van der Waals surface area contributed by atoms with E-state index in [0.717, 1.165) is 16.0 Å². The quantitative estimate of drug-likeness (QED) is 0.557. The van der Waals surface area contributed by atoms with Crippen LogP contribution in [0.25, 0.3) is 11.1 Å². The van der Waals surface area contributed by atoms with Crippen LogP contribution in [0.3, 0.4) is 0 Å². The standard InChI is InChI=1S/C20H13Cl2NO3S/c21-11-6-7-12(14(22)8-11)13-9-15(24)23-17-16(10-4-2-1-3-5-10)19(20(25)26)27-18(13)17/h1-8,13H,9H2,(H,23,24)(H,25,26)/t13-/m1/s1. The Labute approximate surface area is 169 Å². The molecule has 4 rings (SSSR count). The molecule has 4 nitrogen and oxygen atoms in total. The van der Waals surface area contributed by atoms with Gasteiger partial charge in [0.25, 0.3) is 0 Å². The van der Waals surface area contributed by atoms with Gasteiger partial charge in [0.1, 0.15) is 4.88 Å². The van der Waals surface area contributed by atoms with Gasteiger partial charge in [-0.05, 0) is 23.3 Å². The van der Waals surface area contributed by atoms with E-state index < -0.39 is 5.97 Å². The van der Waals surface area contributed by atoms with Crippen LogP contribution in [-0.4, -0.2) is 17.0 Å². The first-order chi connectivity index (χ1) is 13.0. The highest BCUT2D eigenvalue weighted by Crippen LogP contribution is 2.50. The summed E-state index contributed by atoms with van der Waals surface area (Å²) in [6.07, 6.45) is 0.197. The first-order valence-corrected chi connectivity index (χ1v) is 9.73. The summed E-state index contributed by atoms with van der Waals surface area (Å²) in [5.41, 5.74) is 2.59. The smallest absolute Gasteiger partial charge is 0.346 e. The summed E-state index contributed by atoms with van der Waals surface area (Å²) in [5.74, 6) is -1.52. The average molecular weight is 418 g/mol. The van der Waals surface area contributed by atoms with Crippen molar-refractivity contribution in [3.63, 3.8) is 0 Å². The third-order valence-corrected chi connectivity index (χ3v) is 6.35. The third kappa shape index (κ3) is 3.23. The Kier molecular flexibility index (Phi) is 4.68. The number of carboxylic acid groups (broad SMARTS) is 1. The van der Waals surface area contributed by atoms with E-state index in [2.05, 4.69) is 5.32 Å². The van der Waals surface area contributed by atoms with E-state index in [1.807, 2.05) is 30.3 Å². The molecule has 0 radical (unpaired) electrons. The van der Waals surface area contributed by atoms with Crippen LogP contribution in [0.5, 0.6) is 0 Å². The minimum atomic E-state index is -1.02. The topological polar surface area (TPSA) is 66.4 Å². The number of fused-ring (bicyclic) bond motifs is 1. The van der Waals surface area contributed by atoms with Crippen molar-refractivity contribution in [2.45, 2.75) is 12.3 Å². The van der Waals surface area contributed by atoms with Crippen LogP contribution in [0.2, 0.25) is 10.0 Å². The molecule has 0 fully saturated rings. The number of halogens is 2. The van der Waals surface area contributed by atoms with Crippen LogP contribution >= 0.6 is 34.5 Å². The lowest BCUT2D eigenvalue weighted by Gasteiger charge is -2.24. The van der Waals surface area contributed by atoms with Crippen LogP contribution in [-0.2, 0) is 4.79 Å². The van der Waals surface area contributed by atoms with Gasteiger partial charge in [-0.1, -0.05) is 59.6 Å². The number of carbonyl (C=O) groups is 2. The van der Waals surface area contributed by atoms with Gasteiger partial charge in [0.15, 0.2) is 0 Å². The maximum Gasteiger partial charge on any atom is 0.346 e. The monoisotopic (exact) mass is 417 g/mol. The number of benzene rings is 2. The van der Waals surface area contributed by atoms with Crippen molar-refractivity contribution in [2.24, 2.45) is 0 Å². The summed E-state index contributed by atoms with van der Waals surface area (Å²) in [5, 5.41) is 13.6. The minimum absolute atomic E-state index is 0.176. The van der Waals surface area contributed by atoms with Crippen LogP contribution in [0.1, 0.15) is 32.5 Å². The van der Waals surface area contributed by atoms with Gasteiger partial charge in [0, 0.05) is 32.8 Å². The van der Waals surface area contributed by atoms with Gasteiger partial charge in [-0.15, -0.1) is 11.3 Å². The molecular formula is C20H13Cl2NO3S. The van der Waals surface area contributed by atoms with Crippen molar-refractivity contribution in [1.29, 1.82) is 0 Å². The number of carbonyl (C=O) groups excluding carboxylic acids is 1. The maximum atomic E-state index is 12.4. The molecule has 0 unspecified atom stereocenters. The van der Waals surface area contributed by atoms with Gasteiger partial charge in [-0.3, -0.25) is 4.79 Å². The summed E-state index contributed by atoms with van der Waals surface area (Å²) in [7, 11) is 0. The van der Waals surface area contributed by atoms with Crippen LogP contribution in [0, 0.1) is 0 Å². The fourth-order valence-electron chi connectivity index (χ4n) is 3.35. The molecule has 1 aliphatic heterocycles. The number of thiophene rings is 1. The first kappa shape index (κ1) is 18.0. The molecule has 0 bridgehead atoms. The Morgan fingerprint density at radius 2 is 1.89 bits per heavy atom. The summed E-state index contributed by atoms with van der Waals surface area (Å²) >= 11 is 13.5. The van der Waals surface area contributed by atoms with Crippen molar-refractivity contribution in [3.05, 3.63) is 73.9 Å². The zero-order chi connectivity index (χ0) is 19.1. The molecule has 1 aliphatic rings. The molecule has 3 aromatic rings. The van der Waals surface area contributed by atoms with E-state index in [0.29, 0.717) is 21.3 Å². The number of hydrogen-bond acceptors (Lipinski definition) is 3. The summed E-state index contributed by atoms with van der Waals surface area (Å²) in [6.45, 7) is 0. The number of amides is 1. The minimum Gasteiger partial charge on any atom is -0.477 e. The number of carboxylic acids is 1. The number of hydrogen-bond donors (Lipinski definition) is 2. The normalized spacial score (nSPS) is 15.9. The molecule has 136 valence electrons. The molecule has 0 saturated carbocycles. The molecule has 2 N–H and O–H groups in total. The maximum absolute atomic E-state index is 12.4. The fraction of sp³-hybridized carbons (Fsp3) is 0.100. The third-order valence-electron chi connectivity index (χ3n) is 4.50. The highest BCUT2D eigenvalue weighted by molar-refractivity contribution is 7.15. The molecule has 0 spiro atoms. The summed E-state index contributed by atoms with van der Waals surface area (Å²) in [6, 6.07) is 14.3. The molecule has 1 atom stereocenters. The van der Waals surface area contributed by atoms with Gasteiger partial charge in [0.2, 0.25) is 5.91 Å². The zero-order valence-corrected chi connectivity index (χ0v) is 16.2. The lowest BCUT2D eigenvalue weighted by molar-refractivity contribution is -0.116. The van der Waals surface area contributed by atoms with Crippen LogP contribution in [0.4, 0.5) is 5.69 Å². The number of rotatable bonds is 3. The first-order valence-electron chi connectivity index (χ1n) is 8.16. The van der Waals surface area contributed by atoms with E-state index in [1.54, 1.807) is 18.2 Å². The lowest BCUT2D eigenvalue weighted by Crippen LogP contribution is -2.22. The van der Waals surface area contributed by atoms with Crippen LogP contribution < -0.4 is 5.32 Å². The molecule has 2 heterocycles. The summed E-state index contributed by atoms with van der Waals surface area (Å²) in [4.78, 5) is 25.3.